The van der Waals surface area contributed by atoms with E-state index in [1.54, 1.807) is 18.3 Å². The first-order valence-electron chi connectivity index (χ1n) is 7.66. The fourth-order valence-corrected chi connectivity index (χ4v) is 3.49. The van der Waals surface area contributed by atoms with Gasteiger partial charge in [0.05, 0.1) is 17.4 Å². The Labute approximate surface area is 141 Å². The number of aryl methyl sites for hydroxylation is 2. The van der Waals surface area contributed by atoms with E-state index in [0.717, 1.165) is 11.1 Å². The smallest absolute Gasteiger partial charge is 0.296 e. The molecule has 1 atom stereocenters. The van der Waals surface area contributed by atoms with Crippen molar-refractivity contribution in [1.29, 1.82) is 0 Å². The molecule has 0 bridgehead atoms. The highest BCUT2D eigenvalue weighted by Crippen LogP contribution is 2.23. The fourth-order valence-electron chi connectivity index (χ4n) is 2.54. The van der Waals surface area contributed by atoms with Gasteiger partial charge in [-0.05, 0) is 43.5 Å². The normalized spacial score (nSPS) is 17.7. The predicted molar refractivity (Wildman–Crippen MR) is 89.0 cm³/mol. The van der Waals surface area contributed by atoms with Crippen molar-refractivity contribution in [3.05, 3.63) is 53.7 Å². The van der Waals surface area contributed by atoms with Crippen molar-refractivity contribution < 1.29 is 17.4 Å². The quantitative estimate of drug-likeness (QED) is 0.859. The lowest BCUT2D eigenvalue weighted by molar-refractivity contribution is -0.120. The minimum atomic E-state index is -3.87. The van der Waals surface area contributed by atoms with Gasteiger partial charge in [0.25, 0.3) is 10.1 Å². The van der Waals surface area contributed by atoms with Crippen molar-refractivity contribution >= 4 is 21.8 Å². The SMILES string of the molecule is Cc1ccc(S(=O)(=O)OCC2CCc3cccnc3NC2=O)cc1. The van der Waals surface area contributed by atoms with Crippen LogP contribution in [0.3, 0.4) is 0 Å². The average molecular weight is 346 g/mol. The highest BCUT2D eigenvalue weighted by atomic mass is 32.2. The fraction of sp³-hybridized carbons (Fsp3) is 0.294. The molecular weight excluding hydrogens is 328 g/mol. The molecule has 2 heterocycles. The summed E-state index contributed by atoms with van der Waals surface area (Å²) in [7, 11) is -3.87. The van der Waals surface area contributed by atoms with Crippen molar-refractivity contribution in [1.82, 2.24) is 4.98 Å². The molecule has 0 saturated carbocycles. The summed E-state index contributed by atoms with van der Waals surface area (Å²) >= 11 is 0. The van der Waals surface area contributed by atoms with Crippen LogP contribution in [0.5, 0.6) is 0 Å². The summed E-state index contributed by atoms with van der Waals surface area (Å²) in [6, 6.07) is 10.1. The molecule has 1 N–H and O–H groups in total. The van der Waals surface area contributed by atoms with Gasteiger partial charge in [0.15, 0.2) is 0 Å². The number of nitrogens with one attached hydrogen (secondary N) is 1. The Balaban J connectivity index is 1.68. The summed E-state index contributed by atoms with van der Waals surface area (Å²) in [6.45, 7) is 1.69. The third-order valence-electron chi connectivity index (χ3n) is 4.00. The van der Waals surface area contributed by atoms with E-state index in [-0.39, 0.29) is 17.4 Å². The third kappa shape index (κ3) is 3.63. The van der Waals surface area contributed by atoms with Crippen LogP contribution in [0.15, 0.2) is 47.5 Å². The largest absolute Gasteiger partial charge is 0.310 e. The molecule has 1 aliphatic heterocycles. The Kier molecular flexibility index (Phi) is 4.64. The summed E-state index contributed by atoms with van der Waals surface area (Å²) in [5.41, 5.74) is 1.90. The molecule has 3 rings (SSSR count). The zero-order valence-corrected chi connectivity index (χ0v) is 14.0. The maximum Gasteiger partial charge on any atom is 0.296 e. The van der Waals surface area contributed by atoms with Crippen LogP contribution < -0.4 is 5.32 Å². The van der Waals surface area contributed by atoms with Gasteiger partial charge in [-0.15, -0.1) is 0 Å². The van der Waals surface area contributed by atoms with Crippen LogP contribution in [0.4, 0.5) is 5.82 Å². The second-order valence-electron chi connectivity index (χ2n) is 5.79. The summed E-state index contributed by atoms with van der Waals surface area (Å²) in [5.74, 6) is -0.280. The molecule has 1 amide bonds. The number of nitrogens with zero attached hydrogens (tertiary/aromatic N) is 1. The van der Waals surface area contributed by atoms with Crippen LogP contribution in [-0.2, 0) is 25.5 Å². The first-order valence-corrected chi connectivity index (χ1v) is 9.07. The van der Waals surface area contributed by atoms with E-state index in [9.17, 15) is 13.2 Å². The van der Waals surface area contributed by atoms with Crippen LogP contribution in [0.1, 0.15) is 17.5 Å². The number of anilines is 1. The van der Waals surface area contributed by atoms with E-state index in [4.69, 9.17) is 4.18 Å². The van der Waals surface area contributed by atoms with Gasteiger partial charge in [0.1, 0.15) is 5.82 Å². The molecule has 2 aromatic rings. The number of pyridine rings is 1. The maximum atomic E-state index is 12.2. The Bertz CT molecular complexity index is 847. The van der Waals surface area contributed by atoms with Gasteiger partial charge in [0, 0.05) is 6.20 Å². The maximum absolute atomic E-state index is 12.2. The van der Waals surface area contributed by atoms with Crippen molar-refractivity contribution in [2.24, 2.45) is 5.92 Å². The first-order chi connectivity index (χ1) is 11.5. The van der Waals surface area contributed by atoms with E-state index in [1.165, 1.54) is 12.1 Å². The number of carbonyl (C=O) groups is 1. The van der Waals surface area contributed by atoms with E-state index < -0.39 is 16.0 Å². The van der Waals surface area contributed by atoms with Crippen molar-refractivity contribution in [3.63, 3.8) is 0 Å². The average Bonchev–Trinajstić information content (AvgIpc) is 2.72. The lowest BCUT2D eigenvalue weighted by atomic mass is 10.0. The van der Waals surface area contributed by atoms with Crippen molar-refractivity contribution in [2.45, 2.75) is 24.7 Å². The molecule has 0 fully saturated rings. The number of amides is 1. The van der Waals surface area contributed by atoms with Crippen LogP contribution >= 0.6 is 0 Å². The summed E-state index contributed by atoms with van der Waals surface area (Å²) in [4.78, 5) is 16.5. The predicted octanol–water partition coefficient (Wildman–Crippen LogP) is 2.30. The Morgan fingerprint density at radius 3 is 2.75 bits per heavy atom. The van der Waals surface area contributed by atoms with Crippen LogP contribution in [0.2, 0.25) is 0 Å². The Morgan fingerprint density at radius 2 is 2.00 bits per heavy atom. The lowest BCUT2D eigenvalue weighted by Gasteiger charge is -2.13. The van der Waals surface area contributed by atoms with Crippen LogP contribution in [0.25, 0.3) is 0 Å². The van der Waals surface area contributed by atoms with Crippen molar-refractivity contribution in [2.75, 3.05) is 11.9 Å². The van der Waals surface area contributed by atoms with Gasteiger partial charge in [0.2, 0.25) is 5.91 Å². The molecule has 1 unspecified atom stereocenters. The molecule has 126 valence electrons. The van der Waals surface area contributed by atoms with Gasteiger partial charge < -0.3 is 5.32 Å². The molecule has 24 heavy (non-hydrogen) atoms. The molecule has 1 aromatic carbocycles. The number of aromatic nitrogens is 1. The Morgan fingerprint density at radius 1 is 1.25 bits per heavy atom. The number of fused-ring (bicyclic) bond motifs is 1. The highest BCUT2D eigenvalue weighted by Gasteiger charge is 2.27. The van der Waals surface area contributed by atoms with Gasteiger partial charge in [-0.3, -0.25) is 8.98 Å². The number of hydrogen-bond acceptors (Lipinski definition) is 5. The molecule has 1 aromatic heterocycles. The van der Waals surface area contributed by atoms with Crippen LogP contribution in [0, 0.1) is 12.8 Å². The monoisotopic (exact) mass is 346 g/mol. The second-order valence-corrected chi connectivity index (χ2v) is 7.40. The van der Waals surface area contributed by atoms with Gasteiger partial charge in [-0.1, -0.05) is 23.8 Å². The number of benzene rings is 1. The summed E-state index contributed by atoms with van der Waals surface area (Å²) in [6.07, 6.45) is 2.76. The number of rotatable bonds is 4. The minimum Gasteiger partial charge on any atom is -0.310 e. The molecule has 0 aliphatic carbocycles. The molecule has 0 spiro atoms. The standard InChI is InChI=1S/C17H18N2O4S/c1-12-4-8-15(9-5-12)24(21,22)23-11-14-7-6-13-3-2-10-18-16(13)19-17(14)20/h2-5,8-10,14H,6-7,11H2,1H3,(H,18,19,20). The summed E-state index contributed by atoms with van der Waals surface area (Å²) < 4.78 is 29.6. The second kappa shape index (κ2) is 6.70. The summed E-state index contributed by atoms with van der Waals surface area (Å²) in [5, 5.41) is 2.73. The zero-order chi connectivity index (χ0) is 17.2. The van der Waals surface area contributed by atoms with E-state index >= 15 is 0 Å². The first kappa shape index (κ1) is 16.6. The van der Waals surface area contributed by atoms with E-state index in [1.807, 2.05) is 19.1 Å². The molecule has 6 nitrogen and oxygen atoms in total. The molecule has 7 heteroatoms. The molecular formula is C17H18N2O4S. The number of hydrogen-bond donors (Lipinski definition) is 1. The minimum absolute atomic E-state index is 0.0899. The van der Waals surface area contributed by atoms with Gasteiger partial charge in [-0.2, -0.15) is 8.42 Å². The van der Waals surface area contributed by atoms with Crippen molar-refractivity contribution in [3.8, 4) is 0 Å². The lowest BCUT2D eigenvalue weighted by Crippen LogP contribution is -2.27. The number of carbonyl (C=O) groups excluding carboxylic acids is 1. The third-order valence-corrected chi connectivity index (χ3v) is 5.30. The molecule has 0 radical (unpaired) electrons. The van der Waals surface area contributed by atoms with Gasteiger partial charge in [-0.25, -0.2) is 4.98 Å². The van der Waals surface area contributed by atoms with Gasteiger partial charge >= 0.3 is 0 Å². The highest BCUT2D eigenvalue weighted by molar-refractivity contribution is 7.86. The van der Waals surface area contributed by atoms with E-state index in [0.29, 0.717) is 18.7 Å². The molecule has 0 saturated heterocycles. The molecule has 1 aliphatic rings. The van der Waals surface area contributed by atoms with E-state index in [2.05, 4.69) is 10.3 Å². The zero-order valence-electron chi connectivity index (χ0n) is 13.2. The topological polar surface area (TPSA) is 85.4 Å². The van der Waals surface area contributed by atoms with Crippen LogP contribution in [-0.4, -0.2) is 25.9 Å². The Hall–Kier alpha value is -2.25.